The normalized spacial score (nSPS) is 30.2. The van der Waals surface area contributed by atoms with E-state index in [0.717, 1.165) is 32.4 Å². The Morgan fingerprint density at radius 2 is 1.80 bits per heavy atom. The molecular weight excluding hydrogens is 205 g/mol. The van der Waals surface area contributed by atoms with Crippen molar-refractivity contribution in [3.8, 4) is 0 Å². The number of halogens is 3. The van der Waals surface area contributed by atoms with Gasteiger partial charge in [-0.05, 0) is 38.9 Å². The quantitative estimate of drug-likeness (QED) is 0.666. The lowest BCUT2D eigenvalue weighted by atomic mass is 10.2. The molecule has 0 amide bonds. The highest BCUT2D eigenvalue weighted by atomic mass is 19.4. The first kappa shape index (κ1) is 11.2. The van der Waals surface area contributed by atoms with Crippen molar-refractivity contribution in [2.45, 2.75) is 31.5 Å². The number of hydrogen-bond donors (Lipinski definition) is 0. The molecule has 0 bridgehead atoms. The standard InChI is InChI=1S/C10H17F3N2/c11-10(12,13)8-14-4-2-6-15-5-1-3-9(15)7-14/h9H,1-8H2. The molecule has 0 aromatic rings. The highest BCUT2D eigenvalue weighted by molar-refractivity contribution is 4.85. The molecule has 0 radical (unpaired) electrons. The van der Waals surface area contributed by atoms with Gasteiger partial charge in [-0.2, -0.15) is 13.2 Å². The molecular formula is C10H17F3N2. The number of alkyl halides is 3. The Bertz CT molecular complexity index is 217. The Morgan fingerprint density at radius 1 is 1.07 bits per heavy atom. The van der Waals surface area contributed by atoms with Crippen molar-refractivity contribution in [3.05, 3.63) is 0 Å². The van der Waals surface area contributed by atoms with Gasteiger partial charge in [0.2, 0.25) is 0 Å². The zero-order valence-electron chi connectivity index (χ0n) is 8.76. The monoisotopic (exact) mass is 222 g/mol. The van der Waals surface area contributed by atoms with Crippen molar-refractivity contribution in [2.75, 3.05) is 32.7 Å². The fraction of sp³-hybridized carbons (Fsp3) is 1.00. The van der Waals surface area contributed by atoms with Crippen molar-refractivity contribution >= 4 is 0 Å². The van der Waals surface area contributed by atoms with Crippen LogP contribution in [0.25, 0.3) is 0 Å². The Labute approximate surface area is 88.0 Å². The summed E-state index contributed by atoms with van der Waals surface area (Å²) in [6, 6.07) is 0.370. The van der Waals surface area contributed by atoms with Crippen LogP contribution in [0.1, 0.15) is 19.3 Å². The Hall–Kier alpha value is -0.290. The molecule has 0 aliphatic carbocycles. The maximum absolute atomic E-state index is 12.3. The first-order valence-electron chi connectivity index (χ1n) is 5.58. The predicted molar refractivity (Wildman–Crippen MR) is 51.7 cm³/mol. The molecule has 0 aromatic heterocycles. The molecule has 2 nitrogen and oxygen atoms in total. The number of fused-ring (bicyclic) bond motifs is 1. The minimum Gasteiger partial charge on any atom is -0.299 e. The van der Waals surface area contributed by atoms with Gasteiger partial charge >= 0.3 is 6.18 Å². The third-order valence-corrected chi connectivity index (χ3v) is 3.29. The van der Waals surface area contributed by atoms with Crippen molar-refractivity contribution in [1.82, 2.24) is 9.80 Å². The summed E-state index contributed by atoms with van der Waals surface area (Å²) in [4.78, 5) is 3.91. The van der Waals surface area contributed by atoms with Crippen molar-refractivity contribution in [2.24, 2.45) is 0 Å². The first-order chi connectivity index (χ1) is 7.04. The molecule has 0 N–H and O–H groups in total. The van der Waals surface area contributed by atoms with E-state index in [4.69, 9.17) is 0 Å². The lowest BCUT2D eigenvalue weighted by Crippen LogP contribution is -2.40. The molecule has 2 rings (SSSR count). The van der Waals surface area contributed by atoms with Crippen LogP contribution in [0.15, 0.2) is 0 Å². The zero-order chi connectivity index (χ0) is 10.9. The van der Waals surface area contributed by atoms with E-state index >= 15 is 0 Å². The molecule has 2 aliphatic rings. The summed E-state index contributed by atoms with van der Waals surface area (Å²) < 4.78 is 36.8. The molecule has 1 atom stereocenters. The van der Waals surface area contributed by atoms with E-state index in [2.05, 4.69) is 4.90 Å². The van der Waals surface area contributed by atoms with Crippen LogP contribution in [0.4, 0.5) is 13.2 Å². The Balaban J connectivity index is 1.91. The highest BCUT2D eigenvalue weighted by Crippen LogP contribution is 2.24. The summed E-state index contributed by atoms with van der Waals surface area (Å²) in [5.41, 5.74) is 0. The minimum atomic E-state index is -4.05. The van der Waals surface area contributed by atoms with E-state index in [1.165, 1.54) is 0 Å². The van der Waals surface area contributed by atoms with E-state index in [0.29, 0.717) is 19.1 Å². The van der Waals surface area contributed by atoms with E-state index in [1.807, 2.05) is 0 Å². The summed E-state index contributed by atoms with van der Waals surface area (Å²) in [5.74, 6) is 0. The van der Waals surface area contributed by atoms with Crippen LogP contribution in [-0.2, 0) is 0 Å². The summed E-state index contributed by atoms with van der Waals surface area (Å²) in [5, 5.41) is 0. The van der Waals surface area contributed by atoms with Gasteiger partial charge in [0, 0.05) is 12.6 Å². The van der Waals surface area contributed by atoms with Crippen LogP contribution in [0.5, 0.6) is 0 Å². The van der Waals surface area contributed by atoms with Crippen LogP contribution in [-0.4, -0.2) is 54.7 Å². The van der Waals surface area contributed by atoms with Gasteiger partial charge in [-0.1, -0.05) is 0 Å². The summed E-state index contributed by atoms with van der Waals surface area (Å²) in [6.07, 6.45) is -0.973. The number of rotatable bonds is 1. The second-order valence-corrected chi connectivity index (χ2v) is 4.54. The van der Waals surface area contributed by atoms with Gasteiger partial charge < -0.3 is 0 Å². The molecule has 88 valence electrons. The predicted octanol–water partition coefficient (Wildman–Crippen LogP) is 1.72. The maximum Gasteiger partial charge on any atom is 0.401 e. The highest BCUT2D eigenvalue weighted by Gasteiger charge is 2.35. The smallest absolute Gasteiger partial charge is 0.299 e. The van der Waals surface area contributed by atoms with Crippen LogP contribution in [0.2, 0.25) is 0 Å². The third kappa shape index (κ3) is 3.08. The van der Waals surface area contributed by atoms with Crippen LogP contribution < -0.4 is 0 Å². The molecule has 5 heteroatoms. The fourth-order valence-corrected chi connectivity index (χ4v) is 2.68. The average molecular weight is 222 g/mol. The van der Waals surface area contributed by atoms with E-state index < -0.39 is 12.7 Å². The molecule has 15 heavy (non-hydrogen) atoms. The molecule has 0 spiro atoms. The number of hydrogen-bond acceptors (Lipinski definition) is 2. The van der Waals surface area contributed by atoms with Gasteiger partial charge in [0.05, 0.1) is 6.54 Å². The molecule has 0 aromatic carbocycles. The molecule has 0 saturated carbocycles. The average Bonchev–Trinajstić information content (AvgIpc) is 2.43. The molecule has 2 fully saturated rings. The van der Waals surface area contributed by atoms with Crippen molar-refractivity contribution in [1.29, 1.82) is 0 Å². The van der Waals surface area contributed by atoms with Gasteiger partial charge in [-0.15, -0.1) is 0 Å². The van der Waals surface area contributed by atoms with Crippen LogP contribution >= 0.6 is 0 Å². The van der Waals surface area contributed by atoms with Crippen molar-refractivity contribution in [3.63, 3.8) is 0 Å². The molecule has 1 unspecified atom stereocenters. The van der Waals surface area contributed by atoms with Crippen LogP contribution in [0, 0.1) is 0 Å². The Morgan fingerprint density at radius 3 is 2.53 bits per heavy atom. The number of nitrogens with zero attached hydrogens (tertiary/aromatic N) is 2. The lowest BCUT2D eigenvalue weighted by Gasteiger charge is -2.26. The Kier molecular flexibility index (Phi) is 3.21. The SMILES string of the molecule is FC(F)(F)CN1CCCN2CCCC2C1. The second-order valence-electron chi connectivity index (χ2n) is 4.54. The molecule has 2 heterocycles. The minimum absolute atomic E-state index is 0.370. The van der Waals surface area contributed by atoms with Gasteiger partial charge in [-0.25, -0.2) is 0 Å². The maximum atomic E-state index is 12.3. The summed E-state index contributed by atoms with van der Waals surface area (Å²) in [7, 11) is 0. The van der Waals surface area contributed by atoms with E-state index in [1.54, 1.807) is 4.90 Å². The molecule has 2 saturated heterocycles. The summed E-state index contributed by atoms with van der Waals surface area (Å²) >= 11 is 0. The lowest BCUT2D eigenvalue weighted by molar-refractivity contribution is -0.146. The van der Waals surface area contributed by atoms with Crippen LogP contribution in [0.3, 0.4) is 0 Å². The summed E-state index contributed by atoms with van der Waals surface area (Å²) in [6.45, 7) is 2.49. The van der Waals surface area contributed by atoms with Gasteiger partial charge in [-0.3, -0.25) is 9.80 Å². The van der Waals surface area contributed by atoms with Crippen molar-refractivity contribution < 1.29 is 13.2 Å². The third-order valence-electron chi connectivity index (χ3n) is 3.29. The first-order valence-corrected chi connectivity index (χ1v) is 5.58. The second kappa shape index (κ2) is 4.29. The van der Waals surface area contributed by atoms with E-state index in [9.17, 15) is 13.2 Å². The van der Waals surface area contributed by atoms with Gasteiger partial charge in [0.1, 0.15) is 0 Å². The van der Waals surface area contributed by atoms with E-state index in [-0.39, 0.29) is 0 Å². The largest absolute Gasteiger partial charge is 0.401 e. The van der Waals surface area contributed by atoms with Gasteiger partial charge in [0.25, 0.3) is 0 Å². The molecule has 2 aliphatic heterocycles. The topological polar surface area (TPSA) is 6.48 Å². The van der Waals surface area contributed by atoms with Gasteiger partial charge in [0.15, 0.2) is 0 Å². The fourth-order valence-electron chi connectivity index (χ4n) is 2.68. The zero-order valence-corrected chi connectivity index (χ0v) is 8.76.